The molecule has 0 amide bonds. The molecule has 3 rings (SSSR count). The number of hydrogen-bond acceptors (Lipinski definition) is 3. The van der Waals surface area contributed by atoms with Crippen LogP contribution in [-0.4, -0.2) is 21.0 Å². The Bertz CT molecular complexity index is 652. The molecule has 2 aliphatic rings. The quantitative estimate of drug-likeness (QED) is 0.932. The Labute approximate surface area is 127 Å². The first kappa shape index (κ1) is 14.9. The highest BCUT2D eigenvalue weighted by Crippen LogP contribution is 2.43. The van der Waals surface area contributed by atoms with Crippen molar-refractivity contribution in [2.24, 2.45) is 10.6 Å². The van der Waals surface area contributed by atoms with Gasteiger partial charge in [0.25, 0.3) is 0 Å². The van der Waals surface area contributed by atoms with Crippen LogP contribution in [0.5, 0.6) is 0 Å². The number of fused-ring (bicyclic) bond motifs is 1. The molecule has 1 aliphatic heterocycles. The van der Waals surface area contributed by atoms with E-state index in [1.165, 1.54) is 30.5 Å². The van der Waals surface area contributed by atoms with Crippen molar-refractivity contribution in [3.8, 4) is 0 Å². The lowest BCUT2D eigenvalue weighted by molar-refractivity contribution is 0.373. The van der Waals surface area contributed by atoms with Crippen LogP contribution >= 0.6 is 0 Å². The van der Waals surface area contributed by atoms with Gasteiger partial charge in [0.05, 0.1) is 5.75 Å². The third kappa shape index (κ3) is 3.24. The van der Waals surface area contributed by atoms with Gasteiger partial charge in [-0.1, -0.05) is 26.0 Å². The molecular formula is C16H24N2O2S. The summed E-state index contributed by atoms with van der Waals surface area (Å²) in [5.74, 6) is -0.0791. The fourth-order valence-corrected chi connectivity index (χ4v) is 4.46. The SMILES string of the molecule is CC1(C)CCC(N2CCc3ccc(CS(N)(=O)=O)cc32)C1. The van der Waals surface area contributed by atoms with Gasteiger partial charge in [-0.05, 0) is 48.3 Å². The highest BCUT2D eigenvalue weighted by Gasteiger charge is 2.36. The molecule has 2 N–H and O–H groups in total. The molecule has 4 nitrogen and oxygen atoms in total. The van der Waals surface area contributed by atoms with Gasteiger partial charge >= 0.3 is 0 Å². The number of sulfonamides is 1. The zero-order valence-electron chi connectivity index (χ0n) is 12.8. The molecule has 21 heavy (non-hydrogen) atoms. The topological polar surface area (TPSA) is 63.4 Å². The predicted octanol–water partition coefficient (Wildman–Crippen LogP) is 2.42. The third-order valence-electron chi connectivity index (χ3n) is 4.83. The van der Waals surface area contributed by atoms with Gasteiger partial charge in [-0.2, -0.15) is 0 Å². The molecule has 116 valence electrons. The van der Waals surface area contributed by atoms with Crippen LogP contribution < -0.4 is 10.0 Å². The van der Waals surface area contributed by atoms with Gasteiger partial charge < -0.3 is 4.90 Å². The standard InChI is InChI=1S/C16H24N2O2S/c1-16(2)7-5-14(10-16)18-8-6-13-4-3-12(9-15(13)18)11-21(17,19)20/h3-4,9,14H,5-8,10-11H2,1-2H3,(H2,17,19,20). The van der Waals surface area contributed by atoms with Gasteiger partial charge in [-0.3, -0.25) is 0 Å². The van der Waals surface area contributed by atoms with Gasteiger partial charge in [-0.15, -0.1) is 0 Å². The Kier molecular flexibility index (Phi) is 3.53. The van der Waals surface area contributed by atoms with Crippen molar-refractivity contribution in [1.82, 2.24) is 0 Å². The second kappa shape index (κ2) is 4.99. The number of hydrogen-bond donors (Lipinski definition) is 1. The van der Waals surface area contributed by atoms with Gasteiger partial charge in [0.1, 0.15) is 0 Å². The maximum Gasteiger partial charge on any atom is 0.213 e. The van der Waals surface area contributed by atoms with Gasteiger partial charge in [0.2, 0.25) is 10.0 Å². The lowest BCUT2D eigenvalue weighted by Gasteiger charge is -2.28. The van der Waals surface area contributed by atoms with E-state index in [4.69, 9.17) is 5.14 Å². The van der Waals surface area contributed by atoms with E-state index in [0.29, 0.717) is 11.5 Å². The van der Waals surface area contributed by atoms with Crippen LogP contribution in [0.2, 0.25) is 0 Å². The molecule has 0 aromatic heterocycles. The monoisotopic (exact) mass is 308 g/mol. The maximum atomic E-state index is 11.3. The number of nitrogens with two attached hydrogens (primary N) is 1. The van der Waals surface area contributed by atoms with Crippen LogP contribution in [-0.2, 0) is 22.2 Å². The van der Waals surface area contributed by atoms with Crippen molar-refractivity contribution in [2.75, 3.05) is 11.4 Å². The van der Waals surface area contributed by atoms with E-state index >= 15 is 0 Å². The van der Waals surface area contributed by atoms with E-state index < -0.39 is 10.0 Å². The van der Waals surface area contributed by atoms with Crippen LogP contribution in [0.25, 0.3) is 0 Å². The fraction of sp³-hybridized carbons (Fsp3) is 0.625. The third-order valence-corrected chi connectivity index (χ3v) is 5.57. The van der Waals surface area contributed by atoms with Crippen molar-refractivity contribution < 1.29 is 8.42 Å². The molecular weight excluding hydrogens is 284 g/mol. The molecule has 1 atom stereocenters. The Morgan fingerprint density at radius 2 is 2.14 bits per heavy atom. The van der Waals surface area contributed by atoms with E-state index in [1.54, 1.807) is 0 Å². The average Bonchev–Trinajstić information content (AvgIpc) is 2.89. The van der Waals surface area contributed by atoms with Gasteiger partial charge in [-0.25, -0.2) is 13.6 Å². The Morgan fingerprint density at radius 1 is 1.38 bits per heavy atom. The van der Waals surface area contributed by atoms with Crippen molar-refractivity contribution >= 4 is 15.7 Å². The summed E-state index contributed by atoms with van der Waals surface area (Å²) in [7, 11) is -3.47. The molecule has 5 heteroatoms. The lowest BCUT2D eigenvalue weighted by atomic mass is 9.91. The maximum absolute atomic E-state index is 11.3. The van der Waals surface area contributed by atoms with Gasteiger partial charge in [0, 0.05) is 18.3 Å². The minimum atomic E-state index is -3.47. The molecule has 1 aromatic rings. The second-order valence-electron chi connectivity index (χ2n) is 7.27. The Balaban J connectivity index is 1.85. The predicted molar refractivity (Wildman–Crippen MR) is 85.7 cm³/mol. The summed E-state index contributed by atoms with van der Waals surface area (Å²) in [4.78, 5) is 2.48. The fourth-order valence-electron chi connectivity index (χ4n) is 3.82. The normalized spacial score (nSPS) is 24.3. The summed E-state index contributed by atoms with van der Waals surface area (Å²) in [5, 5.41) is 5.16. The van der Waals surface area contributed by atoms with Crippen LogP contribution in [0.4, 0.5) is 5.69 Å². The number of rotatable bonds is 3. The summed E-state index contributed by atoms with van der Waals surface area (Å²) < 4.78 is 22.6. The Morgan fingerprint density at radius 3 is 2.76 bits per heavy atom. The second-order valence-corrected chi connectivity index (χ2v) is 8.89. The molecule has 0 saturated heterocycles. The summed E-state index contributed by atoms with van der Waals surface area (Å²) in [6.45, 7) is 5.72. The lowest BCUT2D eigenvalue weighted by Crippen LogP contribution is -2.32. The van der Waals surface area contributed by atoms with E-state index in [2.05, 4.69) is 24.8 Å². The largest absolute Gasteiger partial charge is 0.368 e. The molecule has 1 unspecified atom stereocenters. The minimum absolute atomic E-state index is 0.0791. The first-order chi connectivity index (χ1) is 9.73. The van der Waals surface area contributed by atoms with Crippen molar-refractivity contribution in [1.29, 1.82) is 0 Å². The number of anilines is 1. The van der Waals surface area contributed by atoms with Crippen molar-refractivity contribution in [3.05, 3.63) is 29.3 Å². The molecule has 0 spiro atoms. The molecule has 1 heterocycles. The molecule has 1 saturated carbocycles. The van der Waals surface area contributed by atoms with Crippen LogP contribution in [0.15, 0.2) is 18.2 Å². The summed E-state index contributed by atoms with van der Waals surface area (Å²) in [5.41, 5.74) is 3.77. The van der Waals surface area contributed by atoms with E-state index in [9.17, 15) is 8.42 Å². The first-order valence-corrected chi connectivity index (χ1v) is 9.34. The molecule has 1 aromatic carbocycles. The molecule has 0 bridgehead atoms. The van der Waals surface area contributed by atoms with Crippen LogP contribution in [0, 0.1) is 5.41 Å². The van der Waals surface area contributed by atoms with Crippen LogP contribution in [0.3, 0.4) is 0 Å². The summed E-state index contributed by atoms with van der Waals surface area (Å²) in [6, 6.07) is 6.57. The zero-order chi connectivity index (χ0) is 15.3. The summed E-state index contributed by atoms with van der Waals surface area (Å²) in [6.07, 6.45) is 4.76. The highest BCUT2D eigenvalue weighted by atomic mass is 32.2. The van der Waals surface area contributed by atoms with E-state index in [-0.39, 0.29) is 5.75 Å². The van der Waals surface area contributed by atoms with Crippen molar-refractivity contribution in [2.45, 2.75) is 51.3 Å². The molecule has 1 fully saturated rings. The minimum Gasteiger partial charge on any atom is -0.368 e. The number of primary sulfonamides is 1. The zero-order valence-corrected chi connectivity index (χ0v) is 13.6. The molecule has 1 aliphatic carbocycles. The summed E-state index contributed by atoms with van der Waals surface area (Å²) >= 11 is 0. The van der Waals surface area contributed by atoms with E-state index in [1.807, 2.05) is 12.1 Å². The molecule has 0 radical (unpaired) electrons. The van der Waals surface area contributed by atoms with Gasteiger partial charge in [0.15, 0.2) is 0 Å². The number of benzene rings is 1. The number of nitrogens with zero attached hydrogens (tertiary/aromatic N) is 1. The first-order valence-electron chi connectivity index (χ1n) is 7.62. The van der Waals surface area contributed by atoms with Crippen LogP contribution in [0.1, 0.15) is 44.2 Å². The van der Waals surface area contributed by atoms with Crippen molar-refractivity contribution in [3.63, 3.8) is 0 Å². The average molecular weight is 308 g/mol. The Hall–Kier alpha value is -1.07. The smallest absolute Gasteiger partial charge is 0.213 e. The van der Waals surface area contributed by atoms with E-state index in [0.717, 1.165) is 18.5 Å². The highest BCUT2D eigenvalue weighted by molar-refractivity contribution is 7.88.